The number of carbonyl (C=O) groups excluding carboxylic acids is 1. The maximum absolute atomic E-state index is 12.4. The number of rotatable bonds is 33. The number of hydrogen-bond acceptors (Lipinski definition) is 6. The highest BCUT2D eigenvalue weighted by Gasteiger charge is 2.33. The fourth-order valence-corrected chi connectivity index (χ4v) is 5.52. The quantitative estimate of drug-likeness (QED) is 0.0312. The highest BCUT2D eigenvalue weighted by Crippen LogP contribution is 2.14. The predicted octanol–water partition coefficient (Wildman–Crippen LogP) is 12.0. The zero-order chi connectivity index (χ0) is 32.3. The van der Waals surface area contributed by atoms with Crippen LogP contribution in [-0.2, 0) is 23.5 Å². The molecule has 0 aliphatic carbocycles. The molecule has 1 rings (SSSR count). The van der Waals surface area contributed by atoms with Crippen molar-refractivity contribution in [2.75, 3.05) is 13.2 Å². The van der Waals surface area contributed by atoms with Gasteiger partial charge in [0.05, 0.1) is 12.8 Å². The highest BCUT2D eigenvalue weighted by molar-refractivity contribution is 6.41. The third-order valence-corrected chi connectivity index (χ3v) is 8.39. The Balaban J connectivity index is 2.05. The van der Waals surface area contributed by atoms with E-state index in [2.05, 4.69) is 31.0 Å². The van der Waals surface area contributed by atoms with Crippen LogP contribution in [-0.4, -0.2) is 32.5 Å². The molecular weight excluding hydrogens is 561 g/mol. The maximum atomic E-state index is 12.4. The van der Waals surface area contributed by atoms with Crippen molar-refractivity contribution in [2.45, 2.75) is 194 Å². The van der Waals surface area contributed by atoms with E-state index in [9.17, 15) is 4.79 Å². The zero-order valence-electron chi connectivity index (χ0n) is 29.6. The van der Waals surface area contributed by atoms with Gasteiger partial charge in [0.2, 0.25) is 0 Å². The molecule has 6 nitrogen and oxygen atoms in total. The molecule has 1 aliphatic heterocycles. The van der Waals surface area contributed by atoms with E-state index in [1.54, 1.807) is 6.26 Å². The van der Waals surface area contributed by atoms with Crippen LogP contribution in [0.15, 0.2) is 29.5 Å². The van der Waals surface area contributed by atoms with Crippen LogP contribution in [0.2, 0.25) is 0 Å². The molecule has 7 heteroatoms. The Bertz CT molecular complexity index is 742. The number of allylic oxidation sites excluding steroid dienone is 3. The van der Waals surface area contributed by atoms with Crippen molar-refractivity contribution in [2.24, 2.45) is 4.99 Å². The number of unbranched alkanes of at least 4 members (excludes halogenated alkanes) is 24. The molecule has 0 saturated heterocycles. The molecule has 1 aliphatic rings. The summed E-state index contributed by atoms with van der Waals surface area (Å²) in [6.07, 6.45) is 43.1. The van der Waals surface area contributed by atoms with E-state index in [1.165, 1.54) is 135 Å². The summed E-state index contributed by atoms with van der Waals surface area (Å²) in [5.41, 5.74) is 0. The van der Waals surface area contributed by atoms with Crippen molar-refractivity contribution in [1.82, 2.24) is 0 Å². The van der Waals surface area contributed by atoms with Crippen molar-refractivity contribution in [3.05, 3.63) is 24.5 Å². The second-order valence-electron chi connectivity index (χ2n) is 12.8. The van der Waals surface area contributed by atoms with Gasteiger partial charge in [0.1, 0.15) is 6.61 Å². The Morgan fingerprint density at radius 1 is 0.644 bits per heavy atom. The Hall–Kier alpha value is -1.92. The lowest BCUT2D eigenvalue weighted by molar-refractivity contribution is -0.137. The summed E-state index contributed by atoms with van der Waals surface area (Å²) in [5, 5.41) is 0. The molecule has 0 aromatic rings. The fourth-order valence-electron chi connectivity index (χ4n) is 5.52. The third-order valence-electron chi connectivity index (χ3n) is 8.39. The second kappa shape index (κ2) is 33.4. The second-order valence-corrected chi connectivity index (χ2v) is 12.8. The fraction of sp³-hybridized carbons (Fsp3) is 0.842. The molecule has 0 aromatic carbocycles. The molecule has 1 heterocycles. The van der Waals surface area contributed by atoms with Gasteiger partial charge >= 0.3 is 13.4 Å². The smallest absolute Gasteiger partial charge is 0.496 e. The van der Waals surface area contributed by atoms with Gasteiger partial charge in [-0.1, -0.05) is 160 Å². The number of nitrogens with zero attached hydrogens (tertiary/aromatic N) is 1. The van der Waals surface area contributed by atoms with E-state index in [1.807, 2.05) is 6.08 Å². The Labute approximate surface area is 278 Å². The molecule has 0 saturated carbocycles. The van der Waals surface area contributed by atoms with E-state index in [0.29, 0.717) is 19.6 Å². The van der Waals surface area contributed by atoms with Crippen molar-refractivity contribution in [1.29, 1.82) is 0 Å². The molecule has 0 atom stereocenters. The summed E-state index contributed by atoms with van der Waals surface area (Å²) in [6.45, 7) is 5.56. The standard InChI is InChI=1S/C38H70BNO5/c1-3-5-7-9-11-13-15-17-19-21-23-25-27-29-31-33-37(41)44-39(45-38-40-34-36-42-38)43-35-32-30-28-26-24-22-20-18-16-14-12-10-8-6-4-2/h17,19,32,35H,3-16,18,20-31,33-34,36H2,1-2H3/b19-17-,35-32?. The topological polar surface area (TPSA) is 66.4 Å². The normalized spacial score (nSPS) is 13.0. The van der Waals surface area contributed by atoms with E-state index >= 15 is 0 Å². The van der Waals surface area contributed by atoms with Gasteiger partial charge in [-0.2, -0.15) is 0 Å². The Kier molecular flexibility index (Phi) is 30.6. The minimum atomic E-state index is -1.17. The molecule has 0 fully saturated rings. The van der Waals surface area contributed by atoms with Gasteiger partial charge in [-0.25, -0.2) is 4.99 Å². The molecule has 260 valence electrons. The molecular formula is C38H70BNO5. The summed E-state index contributed by atoms with van der Waals surface area (Å²) >= 11 is 0. The lowest BCUT2D eigenvalue weighted by atomic mass is 10.0. The van der Waals surface area contributed by atoms with Crippen LogP contribution in [0.5, 0.6) is 0 Å². The molecule has 0 bridgehead atoms. The summed E-state index contributed by atoms with van der Waals surface area (Å²) in [5.74, 6) is -0.318. The average molecular weight is 632 g/mol. The number of ether oxygens (including phenoxy) is 1. The van der Waals surface area contributed by atoms with Gasteiger partial charge in [0.15, 0.2) is 0 Å². The first kappa shape index (κ1) is 41.1. The van der Waals surface area contributed by atoms with Gasteiger partial charge in [-0.05, 0) is 44.9 Å². The Morgan fingerprint density at radius 3 is 1.56 bits per heavy atom. The number of carbonyl (C=O) groups is 1. The molecule has 0 radical (unpaired) electrons. The molecule has 0 spiro atoms. The SMILES string of the molecule is CCCCCCCC/C=C\CCCCCCCC(=O)OB(OC=CCCCCCCCCCCCCCCC)OC1=NCCO1. The molecule has 0 unspecified atom stereocenters. The summed E-state index contributed by atoms with van der Waals surface area (Å²) < 4.78 is 21.9. The molecule has 0 aromatic heterocycles. The van der Waals surface area contributed by atoms with E-state index in [0.717, 1.165) is 38.5 Å². The van der Waals surface area contributed by atoms with Gasteiger partial charge in [-0.15, -0.1) is 0 Å². The number of aliphatic imine (C=N–C) groups is 1. The molecule has 45 heavy (non-hydrogen) atoms. The summed E-state index contributed by atoms with van der Waals surface area (Å²) in [4.78, 5) is 16.6. The van der Waals surface area contributed by atoms with Crippen LogP contribution < -0.4 is 0 Å². The van der Waals surface area contributed by atoms with Crippen molar-refractivity contribution >= 4 is 19.4 Å². The van der Waals surface area contributed by atoms with Crippen LogP contribution in [0.25, 0.3) is 0 Å². The first-order valence-corrected chi connectivity index (χ1v) is 19.2. The highest BCUT2D eigenvalue weighted by atomic mass is 16.8. The lowest BCUT2D eigenvalue weighted by Crippen LogP contribution is -2.31. The Morgan fingerprint density at radius 2 is 1.09 bits per heavy atom. The van der Waals surface area contributed by atoms with Crippen molar-refractivity contribution in [3.8, 4) is 0 Å². The van der Waals surface area contributed by atoms with Crippen LogP contribution in [0, 0.1) is 0 Å². The predicted molar refractivity (Wildman–Crippen MR) is 191 cm³/mol. The van der Waals surface area contributed by atoms with Crippen molar-refractivity contribution < 1.29 is 23.5 Å². The molecule has 0 amide bonds. The largest absolute Gasteiger partial charge is 0.868 e. The average Bonchev–Trinajstić information content (AvgIpc) is 3.55. The monoisotopic (exact) mass is 632 g/mol. The summed E-state index contributed by atoms with van der Waals surface area (Å²) in [6, 6.07) is 0. The zero-order valence-corrected chi connectivity index (χ0v) is 29.6. The van der Waals surface area contributed by atoms with Gasteiger partial charge < -0.3 is 18.7 Å². The van der Waals surface area contributed by atoms with Crippen LogP contribution >= 0.6 is 0 Å². The van der Waals surface area contributed by atoms with Gasteiger partial charge in [-0.3, -0.25) is 4.79 Å². The van der Waals surface area contributed by atoms with Crippen molar-refractivity contribution in [3.63, 3.8) is 0 Å². The van der Waals surface area contributed by atoms with Crippen LogP contribution in [0.3, 0.4) is 0 Å². The molecule has 0 N–H and O–H groups in total. The van der Waals surface area contributed by atoms with E-state index in [4.69, 9.17) is 18.7 Å². The van der Waals surface area contributed by atoms with E-state index in [-0.39, 0.29) is 12.1 Å². The lowest BCUT2D eigenvalue weighted by Gasteiger charge is -2.12. The minimum Gasteiger partial charge on any atom is -0.496 e. The summed E-state index contributed by atoms with van der Waals surface area (Å²) in [7, 11) is -1.17. The van der Waals surface area contributed by atoms with E-state index < -0.39 is 7.32 Å². The first-order valence-electron chi connectivity index (χ1n) is 19.2. The third kappa shape index (κ3) is 29.2. The number of hydrogen-bond donors (Lipinski definition) is 0. The maximum Gasteiger partial charge on any atom is 0.868 e. The first-order chi connectivity index (χ1) is 22.3. The van der Waals surface area contributed by atoms with Crippen LogP contribution in [0.4, 0.5) is 0 Å². The van der Waals surface area contributed by atoms with Gasteiger partial charge in [0.25, 0.3) is 5.97 Å². The van der Waals surface area contributed by atoms with Crippen LogP contribution in [0.1, 0.15) is 194 Å². The van der Waals surface area contributed by atoms with Gasteiger partial charge in [0, 0.05) is 6.42 Å². The minimum absolute atomic E-state index is 0.124.